The van der Waals surface area contributed by atoms with Gasteiger partial charge in [-0.05, 0) is 28.9 Å². The Kier molecular flexibility index (Phi) is 4.64. The van der Waals surface area contributed by atoms with Crippen LogP contribution in [0, 0.1) is 0 Å². The van der Waals surface area contributed by atoms with E-state index < -0.39 is 0 Å². The number of rotatable bonds is 3. The van der Waals surface area contributed by atoms with Gasteiger partial charge in [0, 0.05) is 7.05 Å². The van der Waals surface area contributed by atoms with Crippen molar-refractivity contribution in [2.45, 2.75) is 0 Å². The van der Waals surface area contributed by atoms with E-state index in [1.807, 2.05) is 30.3 Å². The maximum atomic E-state index is 4.92. The number of hydrazone groups is 1. The number of nitrogens with one attached hydrogen (secondary N) is 2. The zero-order valence-corrected chi connectivity index (χ0v) is 11.4. The Morgan fingerprint density at radius 3 is 2.26 bits per heavy atom. The maximum Gasteiger partial charge on any atom is 0.186 e. The van der Waals surface area contributed by atoms with Crippen molar-refractivity contribution in [3.05, 3.63) is 60.2 Å². The number of benzene rings is 2. The molecule has 96 valence electrons. The first-order valence-electron chi connectivity index (χ1n) is 5.96. The van der Waals surface area contributed by atoms with Crippen LogP contribution in [-0.4, -0.2) is 18.4 Å². The molecule has 3 nitrogen and oxygen atoms in total. The van der Waals surface area contributed by atoms with E-state index in [1.54, 1.807) is 13.3 Å². The summed E-state index contributed by atoms with van der Waals surface area (Å²) in [5, 5.41) is 7.32. The Hall–Kier alpha value is -2.20. The lowest BCUT2D eigenvalue weighted by Crippen LogP contribution is -2.28. The summed E-state index contributed by atoms with van der Waals surface area (Å²) in [6.07, 6.45) is 1.73. The fourth-order valence-corrected chi connectivity index (χ4v) is 1.67. The van der Waals surface area contributed by atoms with Crippen molar-refractivity contribution >= 4 is 23.5 Å². The molecule has 0 bridgehead atoms. The predicted molar refractivity (Wildman–Crippen MR) is 84.3 cm³/mol. The molecule has 0 saturated heterocycles. The van der Waals surface area contributed by atoms with Crippen LogP contribution in [0.1, 0.15) is 5.56 Å². The van der Waals surface area contributed by atoms with Gasteiger partial charge in [0.15, 0.2) is 5.11 Å². The molecule has 0 aliphatic carbocycles. The molecular formula is C15H15N3S. The normalized spacial score (nSPS) is 10.4. The van der Waals surface area contributed by atoms with Crippen molar-refractivity contribution in [3.8, 4) is 11.1 Å². The molecule has 0 heterocycles. The van der Waals surface area contributed by atoms with Crippen LogP contribution in [0.15, 0.2) is 59.7 Å². The maximum absolute atomic E-state index is 4.92. The van der Waals surface area contributed by atoms with Gasteiger partial charge in [-0.1, -0.05) is 54.6 Å². The summed E-state index contributed by atoms with van der Waals surface area (Å²) in [6, 6.07) is 18.5. The van der Waals surface area contributed by atoms with Crippen LogP contribution in [0.3, 0.4) is 0 Å². The fourth-order valence-electron chi connectivity index (χ4n) is 1.61. The Balaban J connectivity index is 2.05. The molecule has 2 rings (SSSR count). The van der Waals surface area contributed by atoms with Crippen molar-refractivity contribution < 1.29 is 0 Å². The van der Waals surface area contributed by atoms with Crippen LogP contribution in [0.2, 0.25) is 0 Å². The second kappa shape index (κ2) is 6.66. The minimum Gasteiger partial charge on any atom is -0.364 e. The SMILES string of the molecule is CNC(=S)NN=Cc1ccc(-c2ccccc2)cc1. The van der Waals surface area contributed by atoms with Crippen molar-refractivity contribution in [3.63, 3.8) is 0 Å². The van der Waals surface area contributed by atoms with Gasteiger partial charge in [-0.2, -0.15) is 5.10 Å². The summed E-state index contributed by atoms with van der Waals surface area (Å²) in [6.45, 7) is 0. The molecule has 0 aromatic heterocycles. The molecule has 0 unspecified atom stereocenters. The first-order chi connectivity index (χ1) is 9.29. The van der Waals surface area contributed by atoms with E-state index in [9.17, 15) is 0 Å². The lowest BCUT2D eigenvalue weighted by molar-refractivity contribution is 0.982. The smallest absolute Gasteiger partial charge is 0.186 e. The molecule has 4 heteroatoms. The highest BCUT2D eigenvalue weighted by atomic mass is 32.1. The van der Waals surface area contributed by atoms with Crippen molar-refractivity contribution in [1.82, 2.24) is 10.7 Å². The van der Waals surface area contributed by atoms with Crippen LogP contribution in [-0.2, 0) is 0 Å². The minimum atomic E-state index is 0.497. The van der Waals surface area contributed by atoms with Crippen LogP contribution < -0.4 is 10.7 Å². The van der Waals surface area contributed by atoms with Crippen LogP contribution in [0.5, 0.6) is 0 Å². The van der Waals surface area contributed by atoms with E-state index in [1.165, 1.54) is 11.1 Å². The predicted octanol–water partition coefficient (Wildman–Crippen LogP) is 2.78. The van der Waals surface area contributed by atoms with Gasteiger partial charge in [0.2, 0.25) is 0 Å². The molecular weight excluding hydrogens is 254 g/mol. The molecule has 0 atom stereocenters. The molecule has 0 saturated carbocycles. The standard InChI is InChI=1S/C15H15N3S/c1-16-15(19)18-17-11-12-7-9-14(10-8-12)13-5-3-2-4-6-13/h2-11H,1H3,(H2,16,18,19). The van der Waals surface area contributed by atoms with Gasteiger partial charge in [0.25, 0.3) is 0 Å². The van der Waals surface area contributed by atoms with Gasteiger partial charge < -0.3 is 5.32 Å². The highest BCUT2D eigenvalue weighted by Gasteiger charge is 1.95. The summed E-state index contributed by atoms with van der Waals surface area (Å²) in [4.78, 5) is 0. The lowest BCUT2D eigenvalue weighted by Gasteiger charge is -2.02. The Morgan fingerprint density at radius 2 is 1.63 bits per heavy atom. The number of hydrogen-bond donors (Lipinski definition) is 2. The molecule has 2 N–H and O–H groups in total. The van der Waals surface area contributed by atoms with Gasteiger partial charge in [0.1, 0.15) is 0 Å². The molecule has 0 spiro atoms. The van der Waals surface area contributed by atoms with Crippen LogP contribution in [0.4, 0.5) is 0 Å². The first-order valence-corrected chi connectivity index (χ1v) is 6.36. The van der Waals surface area contributed by atoms with Crippen LogP contribution in [0.25, 0.3) is 11.1 Å². The quantitative estimate of drug-likeness (QED) is 0.511. The number of nitrogens with zero attached hydrogens (tertiary/aromatic N) is 1. The zero-order chi connectivity index (χ0) is 13.5. The van der Waals surface area contributed by atoms with E-state index >= 15 is 0 Å². The van der Waals surface area contributed by atoms with E-state index in [2.05, 4.69) is 40.1 Å². The third kappa shape index (κ3) is 3.89. The topological polar surface area (TPSA) is 36.4 Å². The summed E-state index contributed by atoms with van der Waals surface area (Å²) >= 11 is 4.92. The van der Waals surface area contributed by atoms with Gasteiger partial charge in [0.05, 0.1) is 6.21 Å². The largest absolute Gasteiger partial charge is 0.364 e. The van der Waals surface area contributed by atoms with E-state index in [0.29, 0.717) is 5.11 Å². The fraction of sp³-hybridized carbons (Fsp3) is 0.0667. The first kappa shape index (κ1) is 13.2. The molecule has 0 radical (unpaired) electrons. The second-order valence-corrected chi connectivity index (χ2v) is 4.35. The number of hydrogen-bond acceptors (Lipinski definition) is 2. The molecule has 0 aliphatic rings. The molecule has 2 aromatic carbocycles. The number of thiocarbonyl (C=S) groups is 1. The van der Waals surface area contributed by atoms with Crippen LogP contribution >= 0.6 is 12.2 Å². The summed E-state index contributed by atoms with van der Waals surface area (Å²) in [5.41, 5.74) is 6.14. The molecule has 0 amide bonds. The average molecular weight is 269 g/mol. The molecule has 19 heavy (non-hydrogen) atoms. The highest BCUT2D eigenvalue weighted by Crippen LogP contribution is 2.18. The van der Waals surface area contributed by atoms with Gasteiger partial charge in [-0.15, -0.1) is 0 Å². The van der Waals surface area contributed by atoms with E-state index in [4.69, 9.17) is 12.2 Å². The third-order valence-electron chi connectivity index (χ3n) is 2.62. The Bertz CT molecular complexity index is 562. The van der Waals surface area contributed by atoms with Gasteiger partial charge >= 0.3 is 0 Å². The Labute approximate surface area is 118 Å². The molecule has 0 aliphatic heterocycles. The van der Waals surface area contributed by atoms with Crippen molar-refractivity contribution in [2.75, 3.05) is 7.05 Å². The molecule has 2 aromatic rings. The van der Waals surface area contributed by atoms with Crippen molar-refractivity contribution in [2.24, 2.45) is 5.10 Å². The van der Waals surface area contributed by atoms with Gasteiger partial charge in [-0.3, -0.25) is 5.43 Å². The summed E-state index contributed by atoms with van der Waals surface area (Å²) in [5.74, 6) is 0. The molecule has 0 fully saturated rings. The highest BCUT2D eigenvalue weighted by molar-refractivity contribution is 7.80. The summed E-state index contributed by atoms with van der Waals surface area (Å²) in [7, 11) is 1.75. The zero-order valence-electron chi connectivity index (χ0n) is 10.6. The third-order valence-corrected chi connectivity index (χ3v) is 2.92. The monoisotopic (exact) mass is 269 g/mol. The van der Waals surface area contributed by atoms with Crippen molar-refractivity contribution in [1.29, 1.82) is 0 Å². The Morgan fingerprint density at radius 1 is 1.00 bits per heavy atom. The van der Waals surface area contributed by atoms with Gasteiger partial charge in [-0.25, -0.2) is 0 Å². The minimum absolute atomic E-state index is 0.497. The van der Waals surface area contributed by atoms with E-state index in [-0.39, 0.29) is 0 Å². The lowest BCUT2D eigenvalue weighted by atomic mass is 10.0. The summed E-state index contributed by atoms with van der Waals surface area (Å²) < 4.78 is 0. The second-order valence-electron chi connectivity index (χ2n) is 3.94. The average Bonchev–Trinajstić information content (AvgIpc) is 2.48. The van der Waals surface area contributed by atoms with E-state index in [0.717, 1.165) is 5.56 Å².